The maximum Gasteiger partial charge on any atom is 0.128 e. The van der Waals surface area contributed by atoms with E-state index < -0.39 is 41.7 Å². The Hall–Kier alpha value is -4.84. The Labute approximate surface area is 315 Å². The van der Waals surface area contributed by atoms with Crippen molar-refractivity contribution in [2.24, 2.45) is 5.41 Å². The first-order valence-electron chi connectivity index (χ1n) is 18.4. The molecule has 0 saturated heterocycles. The van der Waals surface area contributed by atoms with Gasteiger partial charge < -0.3 is 20.4 Å². The van der Waals surface area contributed by atoms with Crippen LogP contribution in [0.15, 0.2) is 146 Å². The first kappa shape index (κ1) is 37.9. The van der Waals surface area contributed by atoms with Gasteiger partial charge in [0.05, 0.1) is 25.2 Å². The molecule has 6 aromatic rings. The van der Waals surface area contributed by atoms with Crippen LogP contribution in [0.3, 0.4) is 0 Å². The molecular weight excluding hydrogens is 653 g/mol. The number of aliphatic hydroxyl groups is 4. The maximum absolute atomic E-state index is 14.2. The topological polar surface area (TPSA) is 80.9 Å². The number of benzene rings is 6. The molecule has 53 heavy (non-hydrogen) atoms. The van der Waals surface area contributed by atoms with E-state index in [1.165, 1.54) is 0 Å². The molecule has 0 unspecified atom stereocenters. The lowest BCUT2D eigenvalue weighted by molar-refractivity contribution is -0.135. The van der Waals surface area contributed by atoms with E-state index in [9.17, 15) is 20.4 Å². The van der Waals surface area contributed by atoms with E-state index in [0.29, 0.717) is 11.1 Å². The van der Waals surface area contributed by atoms with Gasteiger partial charge in [0.1, 0.15) is 5.60 Å². The second-order valence-electron chi connectivity index (χ2n) is 16.3. The van der Waals surface area contributed by atoms with Crippen molar-refractivity contribution in [2.45, 2.75) is 58.0 Å². The molecule has 272 valence electrons. The largest absolute Gasteiger partial charge is 0.395 e. The van der Waals surface area contributed by atoms with Crippen LogP contribution in [0.1, 0.15) is 63.8 Å². The van der Waals surface area contributed by atoms with Crippen molar-refractivity contribution in [3.8, 4) is 44.5 Å². The number of hydrogen-bond acceptors (Lipinski definition) is 4. The average molecular weight is 705 g/mol. The summed E-state index contributed by atoms with van der Waals surface area (Å²) in [5.41, 5.74) is 5.68. The molecule has 4 nitrogen and oxygen atoms in total. The summed E-state index contributed by atoms with van der Waals surface area (Å²) in [6, 6.07) is 48.5. The molecule has 0 aliphatic carbocycles. The fourth-order valence-electron chi connectivity index (χ4n) is 8.10. The van der Waals surface area contributed by atoms with Crippen molar-refractivity contribution in [1.82, 2.24) is 0 Å². The summed E-state index contributed by atoms with van der Waals surface area (Å²) in [6.07, 6.45) is 0. The summed E-state index contributed by atoms with van der Waals surface area (Å²) in [5.74, 6) is 0. The third-order valence-corrected chi connectivity index (χ3v) is 10.7. The molecule has 0 atom stereocenters. The van der Waals surface area contributed by atoms with Gasteiger partial charge in [-0.25, -0.2) is 0 Å². The number of rotatable bonds is 10. The molecule has 4 heteroatoms. The molecule has 0 spiro atoms. The minimum Gasteiger partial charge on any atom is -0.395 e. The average Bonchev–Trinajstić information content (AvgIpc) is 3.18. The maximum atomic E-state index is 14.2. The van der Waals surface area contributed by atoms with E-state index >= 15 is 0 Å². The van der Waals surface area contributed by atoms with Gasteiger partial charge in [0, 0.05) is 0 Å². The standard InChI is InChI=1S/C49H52O4/c1-46(2,3)44-38(34-19-11-7-12-20-34)27-29-40(42(44)36-23-15-9-16-24-36)49(53,48(31-50,32-51)33-52)41-30-28-39(35-21-13-8-14-22-35)45(47(4,5)6)43(41)37-25-17-10-18-26-37/h7-30,50-53H,31-33H2,1-6H3. The van der Waals surface area contributed by atoms with Gasteiger partial charge in [-0.15, -0.1) is 0 Å². The highest BCUT2D eigenvalue weighted by atomic mass is 16.3. The van der Waals surface area contributed by atoms with Gasteiger partial charge >= 0.3 is 0 Å². The highest BCUT2D eigenvalue weighted by Gasteiger charge is 2.55. The van der Waals surface area contributed by atoms with Gasteiger partial charge in [0.2, 0.25) is 0 Å². The molecule has 0 aromatic heterocycles. The van der Waals surface area contributed by atoms with Gasteiger partial charge in [-0.2, -0.15) is 0 Å². The normalized spacial score (nSPS) is 12.6. The van der Waals surface area contributed by atoms with Crippen molar-refractivity contribution in [1.29, 1.82) is 0 Å². The molecule has 6 aromatic carbocycles. The Balaban J connectivity index is 1.88. The van der Waals surface area contributed by atoms with Crippen LogP contribution in [0.2, 0.25) is 0 Å². The SMILES string of the molecule is CC(C)(C)c1c(-c2ccccc2)ccc(C(O)(c2ccc(-c3ccccc3)c(C(C)(C)C)c2-c2ccccc2)C(CO)(CO)CO)c1-c1ccccc1. The van der Waals surface area contributed by atoms with Crippen molar-refractivity contribution in [3.63, 3.8) is 0 Å². The Kier molecular flexibility index (Phi) is 10.6. The van der Waals surface area contributed by atoms with Crippen molar-refractivity contribution in [3.05, 3.63) is 168 Å². The fourth-order valence-corrected chi connectivity index (χ4v) is 8.10. The molecule has 0 radical (unpaired) electrons. The van der Waals surface area contributed by atoms with E-state index in [-0.39, 0.29) is 0 Å². The monoisotopic (exact) mass is 704 g/mol. The molecule has 0 aliphatic heterocycles. The zero-order valence-corrected chi connectivity index (χ0v) is 31.8. The van der Waals surface area contributed by atoms with Crippen LogP contribution in [0, 0.1) is 5.41 Å². The predicted octanol–water partition coefficient (Wildman–Crippen LogP) is 10.1. The van der Waals surface area contributed by atoms with Gasteiger partial charge in [-0.1, -0.05) is 187 Å². The van der Waals surface area contributed by atoms with Crippen molar-refractivity contribution < 1.29 is 20.4 Å². The highest BCUT2D eigenvalue weighted by Crippen LogP contribution is 2.56. The van der Waals surface area contributed by atoms with Gasteiger partial charge in [0.25, 0.3) is 0 Å². The van der Waals surface area contributed by atoms with Crippen LogP contribution in [-0.2, 0) is 16.4 Å². The lowest BCUT2D eigenvalue weighted by Gasteiger charge is -2.48. The second kappa shape index (κ2) is 14.9. The summed E-state index contributed by atoms with van der Waals surface area (Å²) < 4.78 is 0. The summed E-state index contributed by atoms with van der Waals surface area (Å²) in [5, 5.41) is 48.4. The van der Waals surface area contributed by atoms with Crippen molar-refractivity contribution >= 4 is 0 Å². The zero-order valence-electron chi connectivity index (χ0n) is 31.8. The minimum absolute atomic E-state index is 0.427. The van der Waals surface area contributed by atoms with E-state index in [4.69, 9.17) is 0 Å². The van der Waals surface area contributed by atoms with Gasteiger partial charge in [-0.05, 0) is 77.6 Å². The minimum atomic E-state index is -2.12. The van der Waals surface area contributed by atoms with Crippen LogP contribution < -0.4 is 0 Å². The quantitative estimate of drug-likeness (QED) is 0.114. The molecule has 0 heterocycles. The molecule has 6 rings (SSSR count). The van der Waals surface area contributed by atoms with Crippen LogP contribution in [0.4, 0.5) is 0 Å². The Morgan fingerprint density at radius 2 is 0.660 bits per heavy atom. The van der Waals surface area contributed by atoms with E-state index in [1.54, 1.807) is 0 Å². The second-order valence-corrected chi connectivity index (χ2v) is 16.3. The summed E-state index contributed by atoms with van der Waals surface area (Å²) in [4.78, 5) is 0. The van der Waals surface area contributed by atoms with Crippen LogP contribution in [0.5, 0.6) is 0 Å². The first-order chi connectivity index (χ1) is 25.3. The van der Waals surface area contributed by atoms with Gasteiger partial charge in [0.15, 0.2) is 0 Å². The number of aliphatic hydroxyl groups excluding tert-OH is 3. The molecular formula is C49H52O4. The zero-order chi connectivity index (χ0) is 38.0. The summed E-state index contributed by atoms with van der Waals surface area (Å²) in [6.45, 7) is 11.0. The molecule has 0 bridgehead atoms. The first-order valence-corrected chi connectivity index (χ1v) is 18.4. The summed E-state index contributed by atoms with van der Waals surface area (Å²) in [7, 11) is 0. The Bertz CT molecular complexity index is 1990. The Morgan fingerprint density at radius 3 is 0.925 bits per heavy atom. The summed E-state index contributed by atoms with van der Waals surface area (Å²) >= 11 is 0. The Morgan fingerprint density at radius 1 is 0.377 bits per heavy atom. The molecule has 0 saturated carbocycles. The third kappa shape index (κ3) is 6.77. The fraction of sp³-hybridized carbons (Fsp3) is 0.265. The lowest BCUT2D eigenvalue weighted by atomic mass is 9.60. The smallest absolute Gasteiger partial charge is 0.128 e. The van der Waals surface area contributed by atoms with E-state index in [2.05, 4.69) is 65.8 Å². The molecule has 4 N–H and O–H groups in total. The molecule has 0 aliphatic rings. The number of hydrogen-bond donors (Lipinski definition) is 4. The molecule has 0 fully saturated rings. The van der Waals surface area contributed by atoms with E-state index in [0.717, 1.165) is 55.6 Å². The lowest BCUT2D eigenvalue weighted by Crippen LogP contribution is -2.55. The van der Waals surface area contributed by atoms with Crippen LogP contribution in [-0.4, -0.2) is 40.2 Å². The van der Waals surface area contributed by atoms with Crippen LogP contribution in [0.25, 0.3) is 44.5 Å². The van der Waals surface area contributed by atoms with Crippen LogP contribution >= 0.6 is 0 Å². The predicted molar refractivity (Wildman–Crippen MR) is 219 cm³/mol. The van der Waals surface area contributed by atoms with E-state index in [1.807, 2.05) is 121 Å². The van der Waals surface area contributed by atoms with Gasteiger partial charge in [-0.3, -0.25) is 0 Å². The highest BCUT2D eigenvalue weighted by molar-refractivity contribution is 5.87. The third-order valence-electron chi connectivity index (χ3n) is 10.7. The van der Waals surface area contributed by atoms with Crippen molar-refractivity contribution in [2.75, 3.05) is 19.8 Å². The molecule has 0 amide bonds.